The van der Waals surface area contributed by atoms with Crippen molar-refractivity contribution < 1.29 is 24.5 Å². The fourth-order valence-electron chi connectivity index (χ4n) is 4.44. The molecule has 198 valence electrons. The number of carbonyl (C=O) groups excluding carboxylic acids is 2. The highest BCUT2D eigenvalue weighted by molar-refractivity contribution is 5.83. The molecule has 38 heavy (non-hydrogen) atoms. The molecule has 0 bridgehead atoms. The molecule has 3 aromatic rings. The molecule has 1 aliphatic carbocycles. The van der Waals surface area contributed by atoms with Gasteiger partial charge in [-0.1, -0.05) is 36.3 Å². The van der Waals surface area contributed by atoms with Gasteiger partial charge in [0.05, 0.1) is 19.3 Å². The summed E-state index contributed by atoms with van der Waals surface area (Å²) in [6.07, 6.45) is -1.68. The molecule has 2 aromatic heterocycles. The Morgan fingerprint density at radius 1 is 1.21 bits per heavy atom. The van der Waals surface area contributed by atoms with E-state index in [1.54, 1.807) is 11.8 Å². The molecule has 1 aliphatic heterocycles. The monoisotopic (exact) mass is 519 g/mol. The average molecular weight is 520 g/mol. The van der Waals surface area contributed by atoms with E-state index in [2.05, 4.69) is 32.1 Å². The maximum absolute atomic E-state index is 12.9. The first-order chi connectivity index (χ1) is 18.4. The van der Waals surface area contributed by atoms with Gasteiger partial charge in [0.15, 0.2) is 23.8 Å². The summed E-state index contributed by atoms with van der Waals surface area (Å²) >= 11 is 0. The lowest BCUT2D eigenvalue weighted by Gasteiger charge is -2.19. The molecule has 0 radical (unpaired) electrons. The zero-order chi connectivity index (χ0) is 26.8. The van der Waals surface area contributed by atoms with Gasteiger partial charge in [-0.05, 0) is 31.2 Å². The number of nitrogen functional groups attached to an aromatic ring is 1. The summed E-state index contributed by atoms with van der Waals surface area (Å²) in [6, 6.07) is 9.75. The van der Waals surface area contributed by atoms with Gasteiger partial charge in [0.2, 0.25) is 11.7 Å². The lowest BCUT2D eigenvalue weighted by Crippen LogP contribution is -2.42. The standard InChI is InChI=1S/C26H29N7O5/c1-2-28-25(37)22-20(35)21(36)26(38-22)33-14-29-19-23(27)30-17(31-24(19)33)9-6-12-32(16-10-11-16)18(34)13-15-7-4-3-5-8-15/h3-5,7-8,14,16,20-22,26,35-36H,2,10-13H2,1H3,(H,28,37)(H2,27,30,31)/t20-,21+,22-,26+/m0/s1. The average Bonchev–Trinajstić information content (AvgIpc) is 3.58. The van der Waals surface area contributed by atoms with Crippen molar-refractivity contribution in [2.24, 2.45) is 0 Å². The summed E-state index contributed by atoms with van der Waals surface area (Å²) < 4.78 is 7.08. The fourth-order valence-corrected chi connectivity index (χ4v) is 4.44. The number of hydrogen-bond acceptors (Lipinski definition) is 9. The first kappa shape index (κ1) is 25.6. The van der Waals surface area contributed by atoms with E-state index in [0.29, 0.717) is 13.0 Å². The minimum absolute atomic E-state index is 0.00884. The lowest BCUT2D eigenvalue weighted by atomic mass is 10.1. The van der Waals surface area contributed by atoms with E-state index in [1.165, 1.54) is 10.9 Å². The van der Waals surface area contributed by atoms with Crippen LogP contribution in [0.5, 0.6) is 0 Å². The number of anilines is 1. The van der Waals surface area contributed by atoms with Crippen molar-refractivity contribution in [3.63, 3.8) is 0 Å². The summed E-state index contributed by atoms with van der Waals surface area (Å²) in [5.74, 6) is 5.52. The second kappa shape index (κ2) is 10.7. The van der Waals surface area contributed by atoms with Gasteiger partial charge in [-0.3, -0.25) is 14.2 Å². The fraction of sp³-hybridized carbons (Fsp3) is 0.423. The van der Waals surface area contributed by atoms with Crippen molar-refractivity contribution in [2.75, 3.05) is 18.8 Å². The van der Waals surface area contributed by atoms with Gasteiger partial charge in [-0.15, -0.1) is 0 Å². The van der Waals surface area contributed by atoms with Crippen LogP contribution in [0, 0.1) is 11.8 Å². The van der Waals surface area contributed by atoms with Crippen LogP contribution in [0.4, 0.5) is 5.82 Å². The van der Waals surface area contributed by atoms with Crippen LogP contribution < -0.4 is 11.1 Å². The van der Waals surface area contributed by atoms with Gasteiger partial charge in [-0.2, -0.15) is 0 Å². The molecule has 1 aromatic carbocycles. The third kappa shape index (κ3) is 5.17. The van der Waals surface area contributed by atoms with E-state index in [-0.39, 0.29) is 41.3 Å². The molecule has 2 aliphatic rings. The lowest BCUT2D eigenvalue weighted by molar-refractivity contribution is -0.137. The first-order valence-corrected chi connectivity index (χ1v) is 12.5. The molecule has 2 amide bonds. The van der Waals surface area contributed by atoms with Crippen LogP contribution in [-0.2, 0) is 20.7 Å². The Morgan fingerprint density at radius 3 is 2.68 bits per heavy atom. The minimum atomic E-state index is -1.44. The summed E-state index contributed by atoms with van der Waals surface area (Å²) in [4.78, 5) is 39.8. The normalized spacial score (nSPS) is 22.6. The van der Waals surface area contributed by atoms with Crippen molar-refractivity contribution in [1.82, 2.24) is 29.7 Å². The van der Waals surface area contributed by atoms with Gasteiger partial charge in [-0.25, -0.2) is 15.0 Å². The number of imidazole rings is 1. The van der Waals surface area contributed by atoms with Crippen LogP contribution in [0.2, 0.25) is 0 Å². The van der Waals surface area contributed by atoms with Gasteiger partial charge in [0, 0.05) is 12.6 Å². The zero-order valence-corrected chi connectivity index (χ0v) is 20.8. The van der Waals surface area contributed by atoms with Crippen LogP contribution in [0.25, 0.3) is 11.2 Å². The number of aliphatic hydroxyl groups excluding tert-OH is 2. The number of aromatic nitrogens is 4. The number of nitrogens with zero attached hydrogens (tertiary/aromatic N) is 5. The maximum Gasteiger partial charge on any atom is 0.252 e. The number of fused-ring (bicyclic) bond motifs is 1. The molecule has 3 heterocycles. The largest absolute Gasteiger partial charge is 0.387 e. The second-order valence-electron chi connectivity index (χ2n) is 9.30. The maximum atomic E-state index is 12.9. The van der Waals surface area contributed by atoms with E-state index < -0.39 is 30.4 Å². The summed E-state index contributed by atoms with van der Waals surface area (Å²) in [6.45, 7) is 2.31. The molecule has 12 heteroatoms. The molecule has 1 saturated carbocycles. The molecule has 2 fully saturated rings. The molecule has 12 nitrogen and oxygen atoms in total. The Balaban J connectivity index is 1.35. The van der Waals surface area contributed by atoms with Crippen molar-refractivity contribution in [3.8, 4) is 11.8 Å². The minimum Gasteiger partial charge on any atom is -0.387 e. The van der Waals surface area contributed by atoms with Gasteiger partial charge in [0.1, 0.15) is 17.7 Å². The van der Waals surface area contributed by atoms with Crippen LogP contribution in [-0.4, -0.2) is 83.9 Å². The van der Waals surface area contributed by atoms with Crippen LogP contribution >= 0.6 is 0 Å². The highest BCUT2D eigenvalue weighted by Gasteiger charge is 2.47. The third-order valence-electron chi connectivity index (χ3n) is 6.53. The van der Waals surface area contributed by atoms with E-state index in [9.17, 15) is 19.8 Å². The number of rotatable bonds is 7. The third-order valence-corrected chi connectivity index (χ3v) is 6.53. The van der Waals surface area contributed by atoms with Gasteiger partial charge < -0.3 is 30.9 Å². The molecule has 0 unspecified atom stereocenters. The highest BCUT2D eigenvalue weighted by atomic mass is 16.6. The molecular weight excluding hydrogens is 490 g/mol. The van der Waals surface area contributed by atoms with Gasteiger partial charge in [0.25, 0.3) is 5.91 Å². The summed E-state index contributed by atoms with van der Waals surface area (Å²) in [7, 11) is 0. The predicted octanol–water partition coefficient (Wildman–Crippen LogP) is -0.251. The Labute approximate surface area is 218 Å². The molecule has 5 N–H and O–H groups in total. The predicted molar refractivity (Wildman–Crippen MR) is 136 cm³/mol. The van der Waals surface area contributed by atoms with Crippen molar-refractivity contribution in [2.45, 2.75) is 56.8 Å². The highest BCUT2D eigenvalue weighted by Crippen LogP contribution is 2.32. The smallest absolute Gasteiger partial charge is 0.252 e. The van der Waals surface area contributed by atoms with Crippen LogP contribution in [0.15, 0.2) is 36.7 Å². The summed E-state index contributed by atoms with van der Waals surface area (Å²) in [5.41, 5.74) is 7.53. The number of ether oxygens (including phenoxy) is 1. The number of nitrogens with one attached hydrogen (secondary N) is 1. The van der Waals surface area contributed by atoms with Gasteiger partial charge >= 0.3 is 0 Å². The van der Waals surface area contributed by atoms with Crippen molar-refractivity contribution >= 4 is 28.8 Å². The van der Waals surface area contributed by atoms with Crippen molar-refractivity contribution in [3.05, 3.63) is 48.0 Å². The Kier molecular flexibility index (Phi) is 7.24. The Bertz CT molecular complexity index is 1400. The van der Waals surface area contributed by atoms with Crippen LogP contribution in [0.1, 0.15) is 37.4 Å². The van der Waals surface area contributed by atoms with E-state index >= 15 is 0 Å². The van der Waals surface area contributed by atoms with Crippen molar-refractivity contribution in [1.29, 1.82) is 0 Å². The zero-order valence-electron chi connectivity index (χ0n) is 20.8. The molecule has 5 rings (SSSR count). The number of aliphatic hydroxyl groups is 2. The molecule has 4 atom stereocenters. The number of hydrogen-bond donors (Lipinski definition) is 4. The topological polar surface area (TPSA) is 169 Å². The number of carbonyl (C=O) groups is 2. The van der Waals surface area contributed by atoms with E-state index in [1.807, 2.05) is 30.3 Å². The first-order valence-electron chi connectivity index (χ1n) is 12.5. The number of nitrogens with two attached hydrogens (primary N) is 1. The quantitative estimate of drug-likeness (QED) is 0.308. The van der Waals surface area contributed by atoms with E-state index in [0.717, 1.165) is 18.4 Å². The molecular formula is C26H29N7O5. The molecule has 0 spiro atoms. The van der Waals surface area contributed by atoms with Crippen LogP contribution in [0.3, 0.4) is 0 Å². The van der Waals surface area contributed by atoms with E-state index in [4.69, 9.17) is 10.5 Å². The molecule has 1 saturated heterocycles. The summed E-state index contributed by atoms with van der Waals surface area (Å²) in [5, 5.41) is 23.5. The number of likely N-dealkylation sites (N-methyl/N-ethyl adjacent to an activating group) is 1. The Morgan fingerprint density at radius 2 is 1.97 bits per heavy atom. The number of amides is 2. The Hall–Kier alpha value is -4.05. The number of benzene rings is 1. The second-order valence-corrected chi connectivity index (χ2v) is 9.30. The SMILES string of the molecule is CCNC(=O)[C@H]1O[C@@H](n2cnc3c(N)nc(C#CCN(C(=O)Cc4ccccc4)C4CC4)nc32)[C@H](O)[C@@H]1O.